The predicted octanol–water partition coefficient (Wildman–Crippen LogP) is 8.38. The summed E-state index contributed by atoms with van der Waals surface area (Å²) in [6, 6.07) is 26.5. The number of benzene rings is 4. The topological polar surface area (TPSA) is 9.23 Å². The van der Waals surface area contributed by atoms with Crippen molar-refractivity contribution in [3.05, 3.63) is 116 Å². The van der Waals surface area contributed by atoms with Gasteiger partial charge in [0.1, 0.15) is 11.9 Å². The SMILES string of the molecule is Cc1ccc(C2c3c(ccc4ccc(Br)cc34)OC3C=Cc4ccc(Br)cc4C32)cc1. The highest BCUT2D eigenvalue weighted by Crippen LogP contribution is 2.53. The molecule has 0 N–H and O–H groups in total. The minimum absolute atomic E-state index is 0.00482. The van der Waals surface area contributed by atoms with Crippen LogP contribution < -0.4 is 4.74 Å². The van der Waals surface area contributed by atoms with E-state index in [1.54, 1.807) is 0 Å². The third kappa shape index (κ3) is 3.18. The summed E-state index contributed by atoms with van der Waals surface area (Å²) in [6.45, 7) is 2.15. The number of ether oxygens (including phenoxy) is 1. The Hall–Kier alpha value is -2.36. The van der Waals surface area contributed by atoms with Gasteiger partial charge in [0.2, 0.25) is 0 Å². The van der Waals surface area contributed by atoms with Crippen molar-refractivity contribution in [3.63, 3.8) is 0 Å². The van der Waals surface area contributed by atoms with Gasteiger partial charge in [-0.25, -0.2) is 0 Å². The van der Waals surface area contributed by atoms with E-state index in [4.69, 9.17) is 4.74 Å². The number of aryl methyl sites for hydroxylation is 1. The Balaban J connectivity index is 1.68. The van der Waals surface area contributed by atoms with Crippen LogP contribution in [0, 0.1) is 6.92 Å². The van der Waals surface area contributed by atoms with E-state index in [0.717, 1.165) is 14.7 Å². The van der Waals surface area contributed by atoms with Gasteiger partial charge in [-0.15, -0.1) is 0 Å². The first-order valence-electron chi connectivity index (χ1n) is 10.5. The van der Waals surface area contributed by atoms with Crippen molar-refractivity contribution in [1.29, 1.82) is 0 Å². The number of fused-ring (bicyclic) bond motifs is 6. The molecule has 0 amide bonds. The van der Waals surface area contributed by atoms with E-state index in [1.807, 2.05) is 0 Å². The van der Waals surface area contributed by atoms with E-state index in [9.17, 15) is 0 Å². The average molecular weight is 532 g/mol. The standard InChI is InChI=1S/C28H20Br2O/c1-16-2-4-19(5-3-16)26-27-22-14-20(29)10-6-17(22)8-12-24(27)31-25-13-9-18-7-11-21(30)15-23(18)28(25)26/h2-15,24,26-27H,1H3. The zero-order valence-electron chi connectivity index (χ0n) is 17.0. The normalized spacial score (nSPS) is 21.2. The molecule has 1 nitrogen and oxygen atoms in total. The van der Waals surface area contributed by atoms with Crippen LogP contribution in [0.2, 0.25) is 0 Å². The molecule has 0 aromatic heterocycles. The van der Waals surface area contributed by atoms with Crippen molar-refractivity contribution in [3.8, 4) is 5.75 Å². The average Bonchev–Trinajstić information content (AvgIpc) is 2.78. The molecule has 3 heteroatoms. The highest BCUT2D eigenvalue weighted by molar-refractivity contribution is 9.10. The Kier molecular flexibility index (Phi) is 4.59. The molecule has 2 aliphatic rings. The van der Waals surface area contributed by atoms with E-state index >= 15 is 0 Å². The highest BCUT2D eigenvalue weighted by atomic mass is 79.9. The Morgan fingerprint density at radius 3 is 2.39 bits per heavy atom. The van der Waals surface area contributed by atoms with Gasteiger partial charge in [-0.1, -0.05) is 86.0 Å². The number of rotatable bonds is 1. The summed E-state index contributed by atoms with van der Waals surface area (Å²) in [4.78, 5) is 0. The second kappa shape index (κ2) is 7.36. The molecule has 31 heavy (non-hydrogen) atoms. The first kappa shape index (κ1) is 19.3. The van der Waals surface area contributed by atoms with E-state index in [1.165, 1.54) is 38.6 Å². The van der Waals surface area contributed by atoms with Crippen molar-refractivity contribution in [1.82, 2.24) is 0 Å². The first-order valence-corrected chi connectivity index (χ1v) is 12.1. The lowest BCUT2D eigenvalue weighted by Crippen LogP contribution is -2.35. The van der Waals surface area contributed by atoms with Crippen molar-refractivity contribution >= 4 is 48.7 Å². The van der Waals surface area contributed by atoms with Crippen LogP contribution in [0.3, 0.4) is 0 Å². The Morgan fingerprint density at radius 1 is 0.806 bits per heavy atom. The molecule has 0 saturated heterocycles. The molecule has 4 aromatic rings. The monoisotopic (exact) mass is 530 g/mol. The molecule has 152 valence electrons. The largest absolute Gasteiger partial charge is 0.485 e. The predicted molar refractivity (Wildman–Crippen MR) is 135 cm³/mol. The van der Waals surface area contributed by atoms with Gasteiger partial charge in [0.15, 0.2) is 0 Å². The van der Waals surface area contributed by atoms with Gasteiger partial charge in [0, 0.05) is 26.3 Å². The van der Waals surface area contributed by atoms with Crippen molar-refractivity contribution in [2.24, 2.45) is 0 Å². The van der Waals surface area contributed by atoms with E-state index in [-0.39, 0.29) is 17.9 Å². The van der Waals surface area contributed by atoms with Gasteiger partial charge in [-0.2, -0.15) is 0 Å². The molecule has 6 rings (SSSR count). The summed E-state index contributed by atoms with van der Waals surface area (Å²) in [5.74, 6) is 1.39. The Bertz CT molecular complexity index is 1350. The molecular formula is C28H20Br2O. The molecule has 0 spiro atoms. The van der Waals surface area contributed by atoms with Crippen LogP contribution in [0.25, 0.3) is 16.8 Å². The molecule has 1 aliphatic heterocycles. The second-order valence-electron chi connectivity index (χ2n) is 8.47. The highest BCUT2D eigenvalue weighted by Gasteiger charge is 2.42. The van der Waals surface area contributed by atoms with Crippen molar-refractivity contribution in [2.75, 3.05) is 0 Å². The molecule has 3 atom stereocenters. The molecule has 0 radical (unpaired) electrons. The van der Waals surface area contributed by atoms with Crippen LogP contribution in [-0.4, -0.2) is 6.10 Å². The first-order chi connectivity index (χ1) is 15.1. The van der Waals surface area contributed by atoms with Gasteiger partial charge < -0.3 is 4.74 Å². The van der Waals surface area contributed by atoms with Gasteiger partial charge in [-0.3, -0.25) is 0 Å². The van der Waals surface area contributed by atoms with E-state index in [2.05, 4.69) is 124 Å². The number of hydrogen-bond donors (Lipinski definition) is 0. The minimum Gasteiger partial charge on any atom is -0.485 e. The molecule has 3 unspecified atom stereocenters. The molecule has 0 fully saturated rings. The molecule has 1 heterocycles. The lowest BCUT2D eigenvalue weighted by molar-refractivity contribution is 0.181. The zero-order valence-corrected chi connectivity index (χ0v) is 20.2. The van der Waals surface area contributed by atoms with E-state index < -0.39 is 0 Å². The van der Waals surface area contributed by atoms with Gasteiger partial charge in [-0.05, 0) is 70.8 Å². The van der Waals surface area contributed by atoms with Gasteiger partial charge >= 0.3 is 0 Å². The van der Waals surface area contributed by atoms with Gasteiger partial charge in [0.05, 0.1) is 0 Å². The third-order valence-electron chi connectivity index (χ3n) is 6.58. The second-order valence-corrected chi connectivity index (χ2v) is 10.3. The lowest BCUT2D eigenvalue weighted by Gasteiger charge is -2.42. The summed E-state index contributed by atoms with van der Waals surface area (Å²) in [6.07, 6.45) is 4.44. The maximum atomic E-state index is 6.64. The Labute approximate surface area is 199 Å². The van der Waals surface area contributed by atoms with Crippen LogP contribution in [0.15, 0.2) is 87.8 Å². The minimum atomic E-state index is 0.00482. The fourth-order valence-electron chi connectivity index (χ4n) is 5.16. The van der Waals surface area contributed by atoms with E-state index in [0.29, 0.717) is 0 Å². The smallest absolute Gasteiger partial charge is 0.125 e. The van der Waals surface area contributed by atoms with Gasteiger partial charge in [0.25, 0.3) is 0 Å². The van der Waals surface area contributed by atoms with Crippen LogP contribution in [0.5, 0.6) is 5.75 Å². The summed E-state index contributed by atoms with van der Waals surface area (Å²) in [7, 11) is 0. The molecule has 1 aliphatic carbocycles. The number of hydrogen-bond acceptors (Lipinski definition) is 1. The fraction of sp³-hybridized carbons (Fsp3) is 0.143. The maximum absolute atomic E-state index is 6.64. The lowest BCUT2D eigenvalue weighted by atomic mass is 9.69. The zero-order chi connectivity index (χ0) is 21.1. The third-order valence-corrected chi connectivity index (χ3v) is 7.57. The van der Waals surface area contributed by atoms with Crippen LogP contribution >= 0.6 is 31.9 Å². The molecule has 0 saturated carbocycles. The Morgan fingerprint density at radius 2 is 1.55 bits per heavy atom. The van der Waals surface area contributed by atoms with Crippen molar-refractivity contribution < 1.29 is 4.74 Å². The summed E-state index contributed by atoms with van der Waals surface area (Å²) >= 11 is 7.39. The molecular weight excluding hydrogens is 512 g/mol. The summed E-state index contributed by atoms with van der Waals surface area (Å²) < 4.78 is 8.83. The quantitative estimate of drug-likeness (QED) is 0.239. The summed E-state index contributed by atoms with van der Waals surface area (Å²) in [5.41, 5.74) is 6.50. The number of halogens is 2. The summed E-state index contributed by atoms with van der Waals surface area (Å²) in [5, 5.41) is 2.49. The van der Waals surface area contributed by atoms with Crippen molar-refractivity contribution in [2.45, 2.75) is 24.9 Å². The molecule has 0 bridgehead atoms. The fourth-order valence-corrected chi connectivity index (χ4v) is 5.90. The van der Waals surface area contributed by atoms with Crippen LogP contribution in [0.1, 0.15) is 39.7 Å². The molecule has 4 aromatic carbocycles. The maximum Gasteiger partial charge on any atom is 0.125 e. The van der Waals surface area contributed by atoms with Crippen LogP contribution in [0.4, 0.5) is 0 Å². The van der Waals surface area contributed by atoms with Crippen LogP contribution in [-0.2, 0) is 0 Å².